The van der Waals surface area contributed by atoms with E-state index in [1.165, 1.54) is 19.1 Å². The topological polar surface area (TPSA) is 117 Å². The number of benzene rings is 1. The summed E-state index contributed by atoms with van der Waals surface area (Å²) < 4.78 is 44.4. The molecule has 0 saturated carbocycles. The van der Waals surface area contributed by atoms with Gasteiger partial charge in [0.15, 0.2) is 0 Å². The fraction of sp³-hybridized carbons (Fsp3) is 0.588. The Labute approximate surface area is 170 Å². The second-order valence-electron chi connectivity index (χ2n) is 7.90. The third-order valence-electron chi connectivity index (χ3n) is 4.36. The summed E-state index contributed by atoms with van der Waals surface area (Å²) in [4.78, 5) is 15.7. The van der Waals surface area contributed by atoms with Gasteiger partial charge in [0.05, 0.1) is 0 Å². The maximum atomic E-state index is 13.0. The van der Waals surface area contributed by atoms with Gasteiger partial charge in [-0.3, -0.25) is 4.90 Å². The Hall–Kier alpha value is -1.89. The smallest absolute Gasteiger partial charge is 0.444 e. The number of hydrogen-bond donors (Lipinski definition) is 2. The van der Waals surface area contributed by atoms with E-state index in [0.717, 1.165) is 0 Å². The summed E-state index contributed by atoms with van der Waals surface area (Å²) in [5.41, 5.74) is 0.0708. The van der Waals surface area contributed by atoms with Gasteiger partial charge in [-0.2, -0.15) is 8.42 Å². The Balaban J connectivity index is 2.10. The lowest BCUT2D eigenvalue weighted by Crippen LogP contribution is -2.49. The fourth-order valence-electron chi connectivity index (χ4n) is 3.00. The molecule has 1 aromatic rings. The molecule has 2 rings (SSSR count). The van der Waals surface area contributed by atoms with Crippen LogP contribution in [0.5, 0.6) is 5.75 Å². The first-order valence-electron chi connectivity index (χ1n) is 9.09. The molecule has 1 aliphatic rings. The summed E-state index contributed by atoms with van der Waals surface area (Å²) in [6, 6.07) is 2.84. The van der Waals surface area contributed by atoms with Gasteiger partial charge in [0.2, 0.25) is 0 Å². The Bertz CT molecular complexity index is 850. The summed E-state index contributed by atoms with van der Waals surface area (Å²) in [6.45, 7) is 9.05. The molecule has 2 N–H and O–H groups in total. The van der Waals surface area contributed by atoms with Crippen LogP contribution < -0.4 is 9.65 Å². The molecule has 0 radical (unpaired) electrons. The first-order chi connectivity index (χ1) is 13.2. The van der Waals surface area contributed by atoms with Crippen molar-refractivity contribution in [2.24, 2.45) is 0 Å². The zero-order valence-electron chi connectivity index (χ0n) is 16.9. The van der Waals surface area contributed by atoms with Gasteiger partial charge >= 0.3 is 23.7 Å². The van der Waals surface area contributed by atoms with E-state index in [4.69, 9.17) is 4.74 Å². The van der Waals surface area contributed by atoms with E-state index in [9.17, 15) is 27.1 Å². The second kappa shape index (κ2) is 8.86. The molecule has 0 unspecified atom stereocenters. The van der Waals surface area contributed by atoms with E-state index in [1.54, 1.807) is 25.7 Å². The highest BCUT2D eigenvalue weighted by atomic mass is 32.3. The van der Waals surface area contributed by atoms with Gasteiger partial charge in [-0.05, 0) is 50.4 Å². The highest BCUT2D eigenvalue weighted by Crippen LogP contribution is 2.22. The van der Waals surface area contributed by atoms with Crippen LogP contribution in [0.1, 0.15) is 31.9 Å². The van der Waals surface area contributed by atoms with Crippen LogP contribution in [-0.4, -0.2) is 73.3 Å². The van der Waals surface area contributed by atoms with Crippen LogP contribution in [0.15, 0.2) is 12.1 Å². The third-order valence-corrected chi connectivity index (χ3v) is 4.74. The molecule has 0 aliphatic carbocycles. The largest absolute Gasteiger partial charge is 0.488 e. The van der Waals surface area contributed by atoms with Crippen molar-refractivity contribution in [3.63, 3.8) is 0 Å². The van der Waals surface area contributed by atoms with E-state index in [1.807, 2.05) is 4.90 Å². The zero-order valence-corrected chi connectivity index (χ0v) is 17.7. The van der Waals surface area contributed by atoms with E-state index in [-0.39, 0.29) is 22.9 Å². The van der Waals surface area contributed by atoms with E-state index >= 15 is 0 Å². The van der Waals surface area contributed by atoms with Crippen molar-refractivity contribution in [3.8, 4) is 5.75 Å². The van der Waals surface area contributed by atoms with Crippen LogP contribution in [0, 0.1) is 6.92 Å². The molecule has 1 aliphatic heterocycles. The maximum absolute atomic E-state index is 13.0. The molecule has 0 aromatic heterocycles. The Kier molecular flexibility index (Phi) is 7.15. The lowest BCUT2D eigenvalue weighted by molar-refractivity contribution is 0.0139. The predicted molar refractivity (Wildman–Crippen MR) is 105 cm³/mol. The fourth-order valence-corrected chi connectivity index (χ4v) is 3.38. The van der Waals surface area contributed by atoms with Crippen LogP contribution in [-0.2, 0) is 21.8 Å². The minimum atomic E-state index is -5.26. The molecule has 29 heavy (non-hydrogen) atoms. The molecular formula is C17H26BFN2O7S. The highest BCUT2D eigenvalue weighted by Gasteiger charge is 2.27. The third kappa shape index (κ3) is 7.14. The molecule has 9 nitrogen and oxygen atoms in total. The molecule has 0 spiro atoms. The summed E-state index contributed by atoms with van der Waals surface area (Å²) in [7, 11) is -7.13. The van der Waals surface area contributed by atoms with Crippen molar-refractivity contribution in [1.29, 1.82) is 0 Å². The van der Waals surface area contributed by atoms with Crippen LogP contribution >= 0.6 is 0 Å². The normalized spacial score (nSPS) is 15.9. The quantitative estimate of drug-likeness (QED) is 0.505. The molecule has 12 heteroatoms. The van der Waals surface area contributed by atoms with Crippen LogP contribution in [0.2, 0.25) is 0 Å². The van der Waals surface area contributed by atoms with E-state index in [0.29, 0.717) is 38.3 Å². The number of carbonyl (C=O) groups excluding carboxylic acids is 1. The van der Waals surface area contributed by atoms with Crippen molar-refractivity contribution < 1.29 is 36.1 Å². The molecule has 0 bridgehead atoms. The number of hydrogen-bond acceptors (Lipinski definition) is 8. The van der Waals surface area contributed by atoms with Gasteiger partial charge in [-0.15, -0.1) is 0 Å². The van der Waals surface area contributed by atoms with Gasteiger partial charge in [-0.25, -0.2) is 4.79 Å². The van der Waals surface area contributed by atoms with Crippen molar-refractivity contribution in [3.05, 3.63) is 23.3 Å². The van der Waals surface area contributed by atoms with E-state index < -0.39 is 23.2 Å². The summed E-state index contributed by atoms with van der Waals surface area (Å²) >= 11 is 0. The molecular weight excluding hydrogens is 406 g/mol. The second-order valence-corrected chi connectivity index (χ2v) is 8.85. The number of nitrogens with zero attached hydrogens (tertiary/aromatic N) is 2. The Morgan fingerprint density at radius 2 is 1.79 bits per heavy atom. The number of ether oxygens (including phenoxy) is 1. The molecule has 1 heterocycles. The first-order valence-corrected chi connectivity index (χ1v) is 10.4. The highest BCUT2D eigenvalue weighted by molar-refractivity contribution is 7.81. The molecule has 0 atom stereocenters. The average Bonchev–Trinajstić information content (AvgIpc) is 2.55. The summed E-state index contributed by atoms with van der Waals surface area (Å²) in [6.07, 6.45) is -0.387. The lowest BCUT2D eigenvalue weighted by Gasteiger charge is -2.35. The molecule has 1 aromatic carbocycles. The van der Waals surface area contributed by atoms with Crippen molar-refractivity contribution in [2.75, 3.05) is 26.2 Å². The summed E-state index contributed by atoms with van der Waals surface area (Å²) in [5, 5.41) is 19.1. The monoisotopic (exact) mass is 432 g/mol. The average molecular weight is 432 g/mol. The molecule has 1 fully saturated rings. The lowest BCUT2D eigenvalue weighted by atomic mass is 9.76. The number of carbonyl (C=O) groups is 1. The number of halogens is 1. The molecule has 1 amide bonds. The summed E-state index contributed by atoms with van der Waals surface area (Å²) in [5.74, 6) is -0.305. The van der Waals surface area contributed by atoms with Crippen LogP contribution in [0.25, 0.3) is 0 Å². The van der Waals surface area contributed by atoms with Crippen molar-refractivity contribution >= 4 is 29.2 Å². The zero-order chi connectivity index (χ0) is 22.0. The van der Waals surface area contributed by atoms with Gasteiger partial charge in [0.25, 0.3) is 0 Å². The number of rotatable bonds is 5. The van der Waals surface area contributed by atoms with Gasteiger partial charge in [0, 0.05) is 32.7 Å². The van der Waals surface area contributed by atoms with Crippen molar-refractivity contribution in [2.45, 2.75) is 39.8 Å². The molecule has 1 saturated heterocycles. The maximum Gasteiger partial charge on any atom is 0.488 e. The number of piperazine rings is 1. The predicted octanol–water partition coefficient (Wildman–Crippen LogP) is 0.321. The number of amides is 1. The Morgan fingerprint density at radius 1 is 1.21 bits per heavy atom. The Morgan fingerprint density at radius 3 is 2.28 bits per heavy atom. The first kappa shape index (κ1) is 23.4. The minimum absolute atomic E-state index is 0.0218. The SMILES string of the molecule is Cc1c(OS(=O)(=O)F)cc(CN2CCN(C(=O)OC(C)(C)C)CC2)cc1B(O)O. The minimum Gasteiger partial charge on any atom is -0.444 e. The van der Waals surface area contributed by atoms with Crippen molar-refractivity contribution in [1.82, 2.24) is 9.80 Å². The van der Waals surface area contributed by atoms with E-state index in [2.05, 4.69) is 4.18 Å². The van der Waals surface area contributed by atoms with Crippen LogP contribution in [0.4, 0.5) is 8.68 Å². The van der Waals surface area contributed by atoms with Crippen LogP contribution in [0.3, 0.4) is 0 Å². The van der Waals surface area contributed by atoms with Gasteiger partial charge in [-0.1, -0.05) is 9.95 Å². The molecule has 162 valence electrons. The standard InChI is InChI=1S/C17H26BFN2O7S/c1-12-14(18(23)24)9-13(10-15(12)28-29(19,25)26)11-20-5-7-21(8-6-20)16(22)27-17(2,3)4/h9-10,23-24H,5-8,11H2,1-4H3. The van der Waals surface area contributed by atoms with Gasteiger partial charge < -0.3 is 23.9 Å². The van der Waals surface area contributed by atoms with Gasteiger partial charge in [0.1, 0.15) is 11.4 Å².